The number of methoxy groups -OCH3 is 1. The van der Waals surface area contributed by atoms with Crippen molar-refractivity contribution < 1.29 is 14.3 Å². The van der Waals surface area contributed by atoms with Gasteiger partial charge in [-0.25, -0.2) is 4.79 Å². The third-order valence-corrected chi connectivity index (χ3v) is 4.93. The lowest BCUT2D eigenvalue weighted by Gasteiger charge is -2.29. The van der Waals surface area contributed by atoms with E-state index < -0.39 is 6.04 Å². The Kier molecular flexibility index (Phi) is 5.67. The third kappa shape index (κ3) is 4.00. The molecule has 2 rings (SSSR count). The predicted octanol–water partition coefficient (Wildman–Crippen LogP) is 2.33. The molecule has 1 aromatic rings. The number of rotatable bonds is 5. The predicted molar refractivity (Wildman–Crippen MR) is 83.9 cm³/mol. The van der Waals surface area contributed by atoms with Crippen LogP contribution in [-0.2, 0) is 20.9 Å². The van der Waals surface area contributed by atoms with Crippen LogP contribution in [0.15, 0.2) is 30.3 Å². The average Bonchev–Trinajstić information content (AvgIpc) is 3.06. The van der Waals surface area contributed by atoms with Crippen LogP contribution in [0.4, 0.5) is 0 Å². The van der Waals surface area contributed by atoms with Gasteiger partial charge in [0, 0.05) is 18.2 Å². The second-order valence-electron chi connectivity index (χ2n) is 5.21. The molecule has 1 aromatic carbocycles. The van der Waals surface area contributed by atoms with E-state index in [-0.39, 0.29) is 17.8 Å². The standard InChI is InChI=1S/C16H21NO3S/c1-12(16(19)20-2)17(10-13-6-4-3-5-7-13)15(18)14-8-9-21-11-14/h3-7,12,14H,8-11H2,1-2H3/t12-,14-/m0/s1. The molecule has 0 aromatic heterocycles. The van der Waals surface area contributed by atoms with Crippen molar-refractivity contribution in [2.24, 2.45) is 5.92 Å². The lowest BCUT2D eigenvalue weighted by Crippen LogP contribution is -2.46. The van der Waals surface area contributed by atoms with E-state index in [0.29, 0.717) is 6.54 Å². The van der Waals surface area contributed by atoms with Gasteiger partial charge in [-0.1, -0.05) is 30.3 Å². The molecule has 1 saturated heterocycles. The summed E-state index contributed by atoms with van der Waals surface area (Å²) < 4.78 is 4.81. The van der Waals surface area contributed by atoms with Crippen LogP contribution in [0, 0.1) is 5.92 Å². The van der Waals surface area contributed by atoms with Crippen molar-refractivity contribution in [3.63, 3.8) is 0 Å². The van der Waals surface area contributed by atoms with Gasteiger partial charge in [-0.15, -0.1) is 0 Å². The van der Waals surface area contributed by atoms with Crippen LogP contribution in [0.25, 0.3) is 0 Å². The lowest BCUT2D eigenvalue weighted by atomic mass is 10.1. The van der Waals surface area contributed by atoms with Gasteiger partial charge in [0.2, 0.25) is 5.91 Å². The number of esters is 1. The van der Waals surface area contributed by atoms with Gasteiger partial charge in [0.1, 0.15) is 6.04 Å². The number of ether oxygens (including phenoxy) is 1. The molecule has 0 N–H and O–H groups in total. The molecule has 1 amide bonds. The van der Waals surface area contributed by atoms with Gasteiger partial charge in [-0.3, -0.25) is 4.79 Å². The van der Waals surface area contributed by atoms with E-state index in [0.717, 1.165) is 23.5 Å². The summed E-state index contributed by atoms with van der Waals surface area (Å²) in [5.74, 6) is 1.57. The van der Waals surface area contributed by atoms with Crippen LogP contribution in [-0.4, -0.2) is 41.4 Å². The Bertz CT molecular complexity index is 486. The monoisotopic (exact) mass is 307 g/mol. The van der Waals surface area contributed by atoms with E-state index in [1.807, 2.05) is 30.3 Å². The first-order valence-corrected chi connectivity index (χ1v) is 8.29. The smallest absolute Gasteiger partial charge is 0.328 e. The minimum atomic E-state index is -0.562. The van der Waals surface area contributed by atoms with E-state index in [9.17, 15) is 9.59 Å². The van der Waals surface area contributed by atoms with Crippen LogP contribution in [0.5, 0.6) is 0 Å². The van der Waals surface area contributed by atoms with Gasteiger partial charge in [0.05, 0.1) is 7.11 Å². The number of carbonyl (C=O) groups is 2. The molecule has 21 heavy (non-hydrogen) atoms. The number of hydrogen-bond donors (Lipinski definition) is 0. The molecule has 0 saturated carbocycles. The van der Waals surface area contributed by atoms with Crippen LogP contribution < -0.4 is 0 Å². The molecular formula is C16H21NO3S. The third-order valence-electron chi connectivity index (χ3n) is 3.77. The second-order valence-corrected chi connectivity index (χ2v) is 6.36. The molecule has 1 aliphatic rings. The molecule has 114 valence electrons. The minimum absolute atomic E-state index is 0.0193. The summed E-state index contributed by atoms with van der Waals surface area (Å²) in [7, 11) is 1.36. The van der Waals surface area contributed by atoms with E-state index in [1.165, 1.54) is 7.11 Å². The summed E-state index contributed by atoms with van der Waals surface area (Å²) in [5, 5.41) is 0. The Hall–Kier alpha value is -1.49. The van der Waals surface area contributed by atoms with Gasteiger partial charge in [0.15, 0.2) is 0 Å². The molecule has 1 aliphatic heterocycles. The summed E-state index contributed by atoms with van der Waals surface area (Å²) in [6, 6.07) is 9.18. The number of hydrogen-bond acceptors (Lipinski definition) is 4. The molecule has 1 fully saturated rings. The fourth-order valence-corrected chi connectivity index (χ4v) is 3.66. The van der Waals surface area contributed by atoms with Crippen molar-refractivity contribution in [2.75, 3.05) is 18.6 Å². The van der Waals surface area contributed by atoms with Crippen LogP contribution in [0.2, 0.25) is 0 Å². The van der Waals surface area contributed by atoms with Gasteiger partial charge < -0.3 is 9.64 Å². The number of benzene rings is 1. The van der Waals surface area contributed by atoms with E-state index >= 15 is 0 Å². The fraction of sp³-hybridized carbons (Fsp3) is 0.500. The van der Waals surface area contributed by atoms with Crippen LogP contribution >= 0.6 is 11.8 Å². The Balaban J connectivity index is 2.16. The van der Waals surface area contributed by atoms with Crippen molar-refractivity contribution in [1.29, 1.82) is 0 Å². The second kappa shape index (κ2) is 7.50. The zero-order valence-corrected chi connectivity index (χ0v) is 13.3. The summed E-state index contributed by atoms with van der Waals surface area (Å²) in [6.07, 6.45) is 0.892. The molecule has 0 unspecified atom stereocenters. The Morgan fingerprint density at radius 3 is 2.67 bits per heavy atom. The van der Waals surface area contributed by atoms with Crippen molar-refractivity contribution in [1.82, 2.24) is 4.90 Å². The van der Waals surface area contributed by atoms with E-state index in [4.69, 9.17) is 4.74 Å². The summed E-state index contributed by atoms with van der Waals surface area (Å²) >= 11 is 1.80. The highest BCUT2D eigenvalue weighted by molar-refractivity contribution is 7.99. The highest BCUT2D eigenvalue weighted by atomic mass is 32.2. The van der Waals surface area contributed by atoms with Crippen molar-refractivity contribution >= 4 is 23.6 Å². The summed E-state index contributed by atoms with van der Waals surface area (Å²) in [4.78, 5) is 26.2. The fourth-order valence-electron chi connectivity index (χ4n) is 2.45. The van der Waals surface area contributed by atoms with E-state index in [2.05, 4.69) is 0 Å². The molecule has 2 atom stereocenters. The van der Waals surface area contributed by atoms with Crippen LogP contribution in [0.3, 0.4) is 0 Å². The average molecular weight is 307 g/mol. The normalized spacial score (nSPS) is 19.0. The minimum Gasteiger partial charge on any atom is -0.467 e. The first-order valence-electron chi connectivity index (χ1n) is 7.13. The maximum atomic E-state index is 12.7. The van der Waals surface area contributed by atoms with Crippen molar-refractivity contribution in [3.05, 3.63) is 35.9 Å². The summed E-state index contributed by atoms with van der Waals surface area (Å²) in [6.45, 7) is 2.17. The zero-order valence-electron chi connectivity index (χ0n) is 12.5. The number of amides is 1. The SMILES string of the molecule is COC(=O)[C@H](C)N(Cc1ccccc1)C(=O)[C@H]1CCSC1. The largest absolute Gasteiger partial charge is 0.467 e. The topological polar surface area (TPSA) is 46.6 Å². The number of carbonyl (C=O) groups excluding carboxylic acids is 2. The molecule has 1 heterocycles. The van der Waals surface area contributed by atoms with Gasteiger partial charge >= 0.3 is 5.97 Å². The Labute approximate surface area is 129 Å². The lowest BCUT2D eigenvalue weighted by molar-refractivity contribution is -0.153. The van der Waals surface area contributed by atoms with Gasteiger partial charge in [-0.2, -0.15) is 11.8 Å². The van der Waals surface area contributed by atoms with Crippen molar-refractivity contribution in [3.8, 4) is 0 Å². The number of nitrogens with zero attached hydrogens (tertiary/aromatic N) is 1. The maximum Gasteiger partial charge on any atom is 0.328 e. The van der Waals surface area contributed by atoms with Crippen molar-refractivity contribution in [2.45, 2.75) is 25.9 Å². The first kappa shape index (κ1) is 15.9. The summed E-state index contributed by atoms with van der Waals surface area (Å²) in [5.41, 5.74) is 1.02. The molecule has 0 spiro atoms. The molecule has 4 nitrogen and oxygen atoms in total. The highest BCUT2D eigenvalue weighted by Crippen LogP contribution is 2.26. The molecule has 5 heteroatoms. The molecule has 0 bridgehead atoms. The van der Waals surface area contributed by atoms with Crippen LogP contribution in [0.1, 0.15) is 18.9 Å². The number of thioether (sulfide) groups is 1. The quantitative estimate of drug-likeness (QED) is 0.783. The van der Waals surface area contributed by atoms with E-state index in [1.54, 1.807) is 23.6 Å². The Morgan fingerprint density at radius 2 is 2.10 bits per heavy atom. The highest BCUT2D eigenvalue weighted by Gasteiger charge is 2.33. The molecule has 0 aliphatic carbocycles. The molecular weight excluding hydrogens is 286 g/mol. The zero-order chi connectivity index (χ0) is 15.2. The maximum absolute atomic E-state index is 12.7. The van der Waals surface area contributed by atoms with Gasteiger partial charge in [-0.05, 0) is 24.7 Å². The first-order chi connectivity index (χ1) is 10.1. The molecule has 0 radical (unpaired) electrons. The Morgan fingerprint density at radius 1 is 1.38 bits per heavy atom. The van der Waals surface area contributed by atoms with Gasteiger partial charge in [0.25, 0.3) is 0 Å².